The average molecular weight is 316 g/mol. The highest BCUT2D eigenvalue weighted by Crippen LogP contribution is 2.18. The lowest BCUT2D eigenvalue weighted by Gasteiger charge is -2.14. The Kier molecular flexibility index (Phi) is 5.42. The summed E-state index contributed by atoms with van der Waals surface area (Å²) in [6.07, 6.45) is 3.46. The summed E-state index contributed by atoms with van der Waals surface area (Å²) in [5.41, 5.74) is 0.675. The maximum atomic E-state index is 12.7. The van der Waals surface area contributed by atoms with Gasteiger partial charge in [-0.25, -0.2) is 0 Å². The molecule has 1 heterocycles. The van der Waals surface area contributed by atoms with Gasteiger partial charge in [0.25, 0.3) is 5.91 Å². The minimum atomic E-state index is -0.324. The Balaban J connectivity index is 2.46. The van der Waals surface area contributed by atoms with Gasteiger partial charge >= 0.3 is 0 Å². The van der Waals surface area contributed by atoms with Gasteiger partial charge in [0.15, 0.2) is 0 Å². The third-order valence-electron chi connectivity index (χ3n) is 3.81. The molecule has 0 saturated heterocycles. The fourth-order valence-corrected chi connectivity index (χ4v) is 2.70. The zero-order valence-electron chi connectivity index (χ0n) is 14.2. The van der Waals surface area contributed by atoms with Crippen LogP contribution in [0.4, 0.5) is 0 Å². The van der Waals surface area contributed by atoms with Crippen LogP contribution in [-0.2, 0) is 7.05 Å². The highest BCUT2D eigenvalue weighted by molar-refractivity contribution is 5.97. The highest BCUT2D eigenvalue weighted by atomic mass is 16.5. The fourth-order valence-electron chi connectivity index (χ4n) is 2.70. The van der Waals surface area contributed by atoms with Crippen LogP contribution >= 0.6 is 0 Å². The molecule has 0 fully saturated rings. The van der Waals surface area contributed by atoms with E-state index in [4.69, 9.17) is 4.74 Å². The zero-order valence-corrected chi connectivity index (χ0v) is 14.2. The van der Waals surface area contributed by atoms with Gasteiger partial charge in [-0.3, -0.25) is 9.59 Å². The summed E-state index contributed by atoms with van der Waals surface area (Å²) in [6.45, 7) is 6.43. The maximum Gasteiger partial charge on any atom is 0.256 e. The van der Waals surface area contributed by atoms with Crippen LogP contribution < -0.4 is 15.5 Å². The molecule has 2 aromatic rings. The number of carbonyl (C=O) groups excluding carboxylic acids is 1. The van der Waals surface area contributed by atoms with E-state index in [9.17, 15) is 9.59 Å². The van der Waals surface area contributed by atoms with E-state index in [2.05, 4.69) is 12.2 Å². The molecular formula is C18H24N2O3. The van der Waals surface area contributed by atoms with E-state index in [0.29, 0.717) is 17.7 Å². The SMILES string of the molecule is CCC[C@@H](C)NC(=O)c1cn(C)c2ccc(OCC)cc2c1=O. The molecule has 23 heavy (non-hydrogen) atoms. The Morgan fingerprint density at radius 3 is 2.74 bits per heavy atom. The molecule has 1 atom stereocenters. The largest absolute Gasteiger partial charge is 0.494 e. The topological polar surface area (TPSA) is 60.3 Å². The van der Waals surface area contributed by atoms with Gasteiger partial charge in [-0.2, -0.15) is 0 Å². The molecule has 0 aliphatic rings. The minimum absolute atomic E-state index is 0.0441. The third-order valence-corrected chi connectivity index (χ3v) is 3.81. The van der Waals surface area contributed by atoms with Crippen molar-refractivity contribution < 1.29 is 9.53 Å². The molecule has 0 spiro atoms. The number of amides is 1. The number of nitrogens with zero attached hydrogens (tertiary/aromatic N) is 1. The van der Waals surface area contributed by atoms with Crippen LogP contribution in [0.15, 0.2) is 29.2 Å². The number of nitrogens with one attached hydrogen (secondary N) is 1. The van der Waals surface area contributed by atoms with Crippen LogP contribution in [0.25, 0.3) is 10.9 Å². The van der Waals surface area contributed by atoms with E-state index in [-0.39, 0.29) is 22.9 Å². The predicted molar refractivity (Wildman–Crippen MR) is 92.2 cm³/mol. The third kappa shape index (κ3) is 3.73. The Bertz CT molecular complexity index is 765. The van der Waals surface area contributed by atoms with Crippen molar-refractivity contribution in [1.29, 1.82) is 0 Å². The summed E-state index contributed by atoms with van der Waals surface area (Å²) in [4.78, 5) is 25.1. The fraction of sp³-hybridized carbons (Fsp3) is 0.444. The first kappa shape index (κ1) is 17.1. The van der Waals surface area contributed by atoms with E-state index in [1.54, 1.807) is 16.8 Å². The average Bonchev–Trinajstić information content (AvgIpc) is 2.51. The lowest BCUT2D eigenvalue weighted by Crippen LogP contribution is -2.35. The summed E-state index contributed by atoms with van der Waals surface area (Å²) in [6, 6.07) is 5.41. The molecule has 0 bridgehead atoms. The summed E-state index contributed by atoms with van der Waals surface area (Å²) in [7, 11) is 1.83. The Hall–Kier alpha value is -2.30. The first-order chi connectivity index (χ1) is 11.0. The van der Waals surface area contributed by atoms with Crippen molar-refractivity contribution in [3.05, 3.63) is 40.2 Å². The summed E-state index contributed by atoms with van der Waals surface area (Å²) < 4.78 is 7.25. The number of benzene rings is 1. The number of hydrogen-bond donors (Lipinski definition) is 1. The van der Waals surface area contributed by atoms with E-state index in [0.717, 1.165) is 18.4 Å². The van der Waals surface area contributed by atoms with Crippen molar-refractivity contribution in [3.63, 3.8) is 0 Å². The zero-order chi connectivity index (χ0) is 17.0. The lowest BCUT2D eigenvalue weighted by molar-refractivity contribution is 0.0936. The molecule has 1 aromatic heterocycles. The number of aryl methyl sites for hydroxylation is 1. The molecule has 1 N–H and O–H groups in total. The van der Waals surface area contributed by atoms with Crippen LogP contribution in [0.2, 0.25) is 0 Å². The van der Waals surface area contributed by atoms with Crippen LogP contribution in [0, 0.1) is 0 Å². The van der Waals surface area contributed by atoms with Crippen molar-refractivity contribution in [2.75, 3.05) is 6.61 Å². The van der Waals surface area contributed by atoms with Gasteiger partial charge in [0, 0.05) is 19.3 Å². The van der Waals surface area contributed by atoms with Gasteiger partial charge in [-0.05, 0) is 38.5 Å². The van der Waals surface area contributed by atoms with Gasteiger partial charge in [0.1, 0.15) is 11.3 Å². The number of carbonyl (C=O) groups is 1. The number of hydrogen-bond acceptors (Lipinski definition) is 3. The smallest absolute Gasteiger partial charge is 0.256 e. The number of fused-ring (bicyclic) bond motifs is 1. The molecular weight excluding hydrogens is 292 g/mol. The van der Waals surface area contributed by atoms with Crippen molar-refractivity contribution in [2.45, 2.75) is 39.7 Å². The summed E-state index contributed by atoms with van der Waals surface area (Å²) in [5.74, 6) is 0.310. The summed E-state index contributed by atoms with van der Waals surface area (Å²) >= 11 is 0. The second kappa shape index (κ2) is 7.31. The van der Waals surface area contributed by atoms with Gasteiger partial charge in [0.2, 0.25) is 5.43 Å². The monoisotopic (exact) mass is 316 g/mol. The number of pyridine rings is 1. The van der Waals surface area contributed by atoms with Crippen molar-refractivity contribution >= 4 is 16.8 Å². The first-order valence-electron chi connectivity index (χ1n) is 8.05. The van der Waals surface area contributed by atoms with Gasteiger partial charge in [-0.1, -0.05) is 13.3 Å². The molecule has 0 unspecified atom stereocenters. The van der Waals surface area contributed by atoms with Crippen LogP contribution in [-0.4, -0.2) is 23.1 Å². The Labute approximate surface area is 136 Å². The maximum absolute atomic E-state index is 12.7. The van der Waals surface area contributed by atoms with Crippen LogP contribution in [0.3, 0.4) is 0 Å². The van der Waals surface area contributed by atoms with Gasteiger partial charge < -0.3 is 14.6 Å². The van der Waals surface area contributed by atoms with Gasteiger partial charge in [0.05, 0.1) is 17.5 Å². The van der Waals surface area contributed by atoms with Crippen molar-refractivity contribution in [2.24, 2.45) is 7.05 Å². The standard InChI is InChI=1S/C18H24N2O3/c1-5-7-12(3)19-18(22)15-11-20(4)16-9-8-13(23-6-2)10-14(16)17(15)21/h8-12H,5-7H2,1-4H3,(H,19,22)/t12-/m1/s1. The normalized spacial score (nSPS) is 12.2. The van der Waals surface area contributed by atoms with E-state index < -0.39 is 0 Å². The molecule has 0 radical (unpaired) electrons. The Morgan fingerprint density at radius 2 is 2.09 bits per heavy atom. The highest BCUT2D eigenvalue weighted by Gasteiger charge is 2.16. The Morgan fingerprint density at radius 1 is 1.35 bits per heavy atom. The number of ether oxygens (including phenoxy) is 1. The van der Waals surface area contributed by atoms with Crippen LogP contribution in [0.1, 0.15) is 44.0 Å². The quantitative estimate of drug-likeness (QED) is 0.891. The molecule has 5 heteroatoms. The number of rotatable bonds is 6. The minimum Gasteiger partial charge on any atom is -0.494 e. The molecule has 1 aromatic carbocycles. The first-order valence-corrected chi connectivity index (χ1v) is 8.05. The molecule has 5 nitrogen and oxygen atoms in total. The lowest BCUT2D eigenvalue weighted by atomic mass is 10.1. The summed E-state index contributed by atoms with van der Waals surface area (Å²) in [5, 5.41) is 3.38. The van der Waals surface area contributed by atoms with E-state index in [1.807, 2.05) is 33.0 Å². The molecule has 0 aliphatic carbocycles. The molecule has 0 saturated carbocycles. The molecule has 1 amide bonds. The second-order valence-electron chi connectivity index (χ2n) is 5.76. The van der Waals surface area contributed by atoms with Crippen molar-refractivity contribution in [1.82, 2.24) is 9.88 Å². The number of aromatic nitrogens is 1. The second-order valence-corrected chi connectivity index (χ2v) is 5.76. The van der Waals surface area contributed by atoms with Gasteiger partial charge in [-0.15, -0.1) is 0 Å². The predicted octanol–water partition coefficient (Wildman–Crippen LogP) is 2.86. The van der Waals surface area contributed by atoms with E-state index >= 15 is 0 Å². The molecule has 2 rings (SSSR count). The van der Waals surface area contributed by atoms with Crippen molar-refractivity contribution in [3.8, 4) is 5.75 Å². The van der Waals surface area contributed by atoms with E-state index in [1.165, 1.54) is 0 Å². The van der Waals surface area contributed by atoms with Crippen LogP contribution in [0.5, 0.6) is 5.75 Å². The molecule has 0 aliphatic heterocycles. The molecule has 124 valence electrons.